The molecule has 0 radical (unpaired) electrons. The summed E-state index contributed by atoms with van der Waals surface area (Å²) in [6, 6.07) is 6.00. The van der Waals surface area contributed by atoms with Gasteiger partial charge in [-0.15, -0.1) is 0 Å². The maximum atomic E-state index is 12.9. The third-order valence-electron chi connectivity index (χ3n) is 6.00. The summed E-state index contributed by atoms with van der Waals surface area (Å²) in [4.78, 5) is 12.3. The van der Waals surface area contributed by atoms with Gasteiger partial charge in [0.2, 0.25) is 0 Å². The van der Waals surface area contributed by atoms with Gasteiger partial charge in [-0.25, -0.2) is 4.39 Å². The number of carbonyl (C=O) groups is 1. The number of ether oxygens (including phenoxy) is 1. The Kier molecular flexibility index (Phi) is 6.12. The van der Waals surface area contributed by atoms with Crippen molar-refractivity contribution in [1.82, 2.24) is 0 Å². The summed E-state index contributed by atoms with van der Waals surface area (Å²) in [5.74, 6) is 0.768. The maximum Gasteiger partial charge on any atom is 0.503 e. The van der Waals surface area contributed by atoms with Crippen LogP contribution in [0.5, 0.6) is 0 Å². The fourth-order valence-corrected chi connectivity index (χ4v) is 7.82. The van der Waals surface area contributed by atoms with Crippen LogP contribution < -0.4 is 0 Å². The SMILES string of the molecule is CO[Si](OC)(OC)C1CC2CC(CC(=O)OCc3ccc(F)cc3)C1C2. The molecule has 2 aliphatic rings. The number of hydrogen-bond donors (Lipinski definition) is 0. The highest BCUT2D eigenvalue weighted by Gasteiger charge is 2.59. The Morgan fingerprint density at radius 2 is 1.73 bits per heavy atom. The number of carbonyl (C=O) groups excluding carboxylic acids is 1. The predicted molar refractivity (Wildman–Crippen MR) is 95.7 cm³/mol. The Bertz CT molecular complexity index is 611. The Hall–Kier alpha value is -1.28. The quantitative estimate of drug-likeness (QED) is 0.508. The van der Waals surface area contributed by atoms with Gasteiger partial charge in [0.1, 0.15) is 12.4 Å². The Balaban J connectivity index is 1.56. The van der Waals surface area contributed by atoms with Crippen LogP contribution >= 0.6 is 0 Å². The lowest BCUT2D eigenvalue weighted by molar-refractivity contribution is -0.146. The normalized spacial score (nSPS) is 27.7. The van der Waals surface area contributed by atoms with Crippen molar-refractivity contribution in [1.29, 1.82) is 0 Å². The van der Waals surface area contributed by atoms with E-state index in [2.05, 4.69) is 0 Å². The van der Waals surface area contributed by atoms with Crippen LogP contribution in [-0.2, 0) is 29.4 Å². The molecule has 0 amide bonds. The third-order valence-corrected chi connectivity index (χ3v) is 9.28. The molecule has 2 aliphatic carbocycles. The number of fused-ring (bicyclic) bond motifs is 2. The van der Waals surface area contributed by atoms with Gasteiger partial charge in [0.05, 0.1) is 0 Å². The molecular weight excluding hydrogens is 355 g/mol. The molecule has 0 N–H and O–H groups in total. The number of benzene rings is 1. The van der Waals surface area contributed by atoms with Gasteiger partial charge in [-0.1, -0.05) is 12.1 Å². The first-order chi connectivity index (χ1) is 12.5. The zero-order chi connectivity index (χ0) is 18.7. The summed E-state index contributed by atoms with van der Waals surface area (Å²) in [7, 11) is 2.25. The summed E-state index contributed by atoms with van der Waals surface area (Å²) in [6.07, 6.45) is 3.61. The van der Waals surface area contributed by atoms with Crippen LogP contribution in [0.3, 0.4) is 0 Å². The fraction of sp³-hybridized carbons (Fsp3) is 0.632. The first kappa shape index (κ1) is 19.5. The monoisotopic (exact) mass is 382 g/mol. The van der Waals surface area contributed by atoms with E-state index in [1.54, 1.807) is 33.5 Å². The molecule has 1 aromatic carbocycles. The van der Waals surface area contributed by atoms with Gasteiger partial charge in [-0.2, -0.15) is 0 Å². The van der Waals surface area contributed by atoms with Crippen LogP contribution in [0.1, 0.15) is 31.2 Å². The van der Waals surface area contributed by atoms with Crippen LogP contribution in [0, 0.1) is 23.6 Å². The summed E-state index contributed by atoms with van der Waals surface area (Å²) >= 11 is 0. The molecular formula is C19H27FO5Si. The molecule has 0 aliphatic heterocycles. The molecule has 7 heteroatoms. The van der Waals surface area contributed by atoms with Crippen molar-refractivity contribution in [2.24, 2.45) is 17.8 Å². The molecule has 0 spiro atoms. The number of halogens is 1. The minimum Gasteiger partial charge on any atom is -0.461 e. The van der Waals surface area contributed by atoms with Crippen molar-refractivity contribution in [2.75, 3.05) is 21.3 Å². The predicted octanol–water partition coefficient (Wildman–Crippen LogP) is 3.55. The standard InChI is InChI=1S/C19H27FO5Si/c1-22-26(23-2,24-3)18-10-14-8-15(17(18)9-14)11-19(21)25-12-13-4-6-16(20)7-5-13/h4-7,14-15,17-18H,8-12H2,1-3H3. The van der Waals surface area contributed by atoms with Gasteiger partial charge in [0, 0.05) is 33.3 Å². The lowest BCUT2D eigenvalue weighted by Gasteiger charge is -2.37. The van der Waals surface area contributed by atoms with Crippen molar-refractivity contribution in [2.45, 2.75) is 37.8 Å². The van der Waals surface area contributed by atoms with Gasteiger partial charge in [-0.05, 0) is 54.7 Å². The molecule has 5 nitrogen and oxygen atoms in total. The third kappa shape index (κ3) is 3.86. The number of hydrogen-bond acceptors (Lipinski definition) is 5. The Labute approximate surface area is 155 Å². The van der Waals surface area contributed by atoms with Gasteiger partial charge in [0.15, 0.2) is 0 Å². The molecule has 144 valence electrons. The molecule has 4 atom stereocenters. The minimum absolute atomic E-state index is 0.177. The smallest absolute Gasteiger partial charge is 0.461 e. The topological polar surface area (TPSA) is 54.0 Å². The number of rotatable bonds is 8. The lowest BCUT2D eigenvalue weighted by atomic mass is 9.86. The first-order valence-corrected chi connectivity index (χ1v) is 10.9. The molecule has 0 aromatic heterocycles. The average Bonchev–Trinajstić information content (AvgIpc) is 3.24. The second kappa shape index (κ2) is 8.16. The van der Waals surface area contributed by atoms with E-state index in [0.717, 1.165) is 24.8 Å². The zero-order valence-electron chi connectivity index (χ0n) is 15.6. The zero-order valence-corrected chi connectivity index (χ0v) is 16.6. The molecule has 2 saturated carbocycles. The van der Waals surface area contributed by atoms with Crippen molar-refractivity contribution >= 4 is 14.8 Å². The van der Waals surface area contributed by atoms with Gasteiger partial charge >= 0.3 is 14.8 Å². The van der Waals surface area contributed by atoms with Gasteiger partial charge in [-0.3, -0.25) is 4.79 Å². The van der Waals surface area contributed by atoms with Crippen LogP contribution in [0.25, 0.3) is 0 Å². The van der Waals surface area contributed by atoms with Gasteiger partial charge < -0.3 is 18.0 Å². The molecule has 2 fully saturated rings. The van der Waals surface area contributed by atoms with E-state index in [4.69, 9.17) is 18.0 Å². The van der Waals surface area contributed by atoms with Gasteiger partial charge in [0.25, 0.3) is 0 Å². The van der Waals surface area contributed by atoms with Crippen LogP contribution in [0.15, 0.2) is 24.3 Å². The molecule has 0 heterocycles. The summed E-state index contributed by atoms with van der Waals surface area (Å²) in [6.45, 7) is 0.177. The highest BCUT2D eigenvalue weighted by atomic mass is 28.4. The molecule has 3 rings (SSSR count). The number of esters is 1. The maximum absolute atomic E-state index is 12.9. The second-order valence-corrected chi connectivity index (χ2v) is 10.5. The molecule has 1 aromatic rings. The van der Waals surface area contributed by atoms with E-state index < -0.39 is 8.80 Å². The molecule has 0 saturated heterocycles. The Morgan fingerprint density at radius 1 is 1.08 bits per heavy atom. The highest BCUT2D eigenvalue weighted by Crippen LogP contribution is 2.59. The summed E-state index contributed by atoms with van der Waals surface area (Å²) in [5, 5.41) is 0. The second-order valence-electron chi connectivity index (χ2n) is 7.31. The van der Waals surface area contributed by atoms with E-state index in [1.807, 2.05) is 0 Å². The van der Waals surface area contributed by atoms with E-state index in [9.17, 15) is 9.18 Å². The van der Waals surface area contributed by atoms with E-state index in [1.165, 1.54) is 12.1 Å². The minimum atomic E-state index is -2.69. The summed E-state index contributed by atoms with van der Waals surface area (Å²) in [5.41, 5.74) is 1.03. The lowest BCUT2D eigenvalue weighted by Crippen LogP contribution is -2.50. The Morgan fingerprint density at radius 3 is 2.31 bits per heavy atom. The van der Waals surface area contributed by atoms with Crippen molar-refractivity contribution in [3.63, 3.8) is 0 Å². The first-order valence-electron chi connectivity index (χ1n) is 9.06. The van der Waals surface area contributed by atoms with Crippen LogP contribution in [0.4, 0.5) is 4.39 Å². The summed E-state index contributed by atoms with van der Waals surface area (Å²) < 4.78 is 35.4. The largest absolute Gasteiger partial charge is 0.503 e. The highest BCUT2D eigenvalue weighted by molar-refractivity contribution is 6.62. The average molecular weight is 383 g/mol. The molecule has 2 bridgehead atoms. The molecule has 4 unspecified atom stereocenters. The van der Waals surface area contributed by atoms with Crippen molar-refractivity contribution in [3.05, 3.63) is 35.6 Å². The fourth-order valence-electron chi connectivity index (χ4n) is 4.86. The van der Waals surface area contributed by atoms with E-state index >= 15 is 0 Å². The van der Waals surface area contributed by atoms with Crippen LogP contribution in [-0.4, -0.2) is 36.1 Å². The van der Waals surface area contributed by atoms with Crippen molar-refractivity contribution < 1.29 is 27.2 Å². The van der Waals surface area contributed by atoms with E-state index in [-0.39, 0.29) is 29.9 Å². The van der Waals surface area contributed by atoms with Crippen molar-refractivity contribution in [3.8, 4) is 0 Å². The van der Waals surface area contributed by atoms with Crippen LogP contribution in [0.2, 0.25) is 5.54 Å². The molecule has 26 heavy (non-hydrogen) atoms. The van der Waals surface area contributed by atoms with E-state index in [0.29, 0.717) is 18.3 Å².